The van der Waals surface area contributed by atoms with E-state index in [4.69, 9.17) is 40.1 Å². The molecule has 0 heterocycles. The van der Waals surface area contributed by atoms with Gasteiger partial charge in [-0.15, -0.1) is 0 Å². The van der Waals surface area contributed by atoms with Gasteiger partial charge in [-0.25, -0.2) is 0 Å². The number of nitrogens with one attached hydrogen (secondary N) is 1. The zero-order valence-electron chi connectivity index (χ0n) is 11.1. The van der Waals surface area contributed by atoms with Crippen LogP contribution in [0, 0.1) is 11.3 Å². The van der Waals surface area contributed by atoms with Crippen LogP contribution in [0.5, 0.6) is 0 Å². The second kappa shape index (κ2) is 7.33. The number of hydrogen-bond donors (Lipinski definition) is 1. The van der Waals surface area contributed by atoms with Gasteiger partial charge in [0.2, 0.25) is 0 Å². The van der Waals surface area contributed by atoms with Crippen molar-refractivity contribution >= 4 is 52.5 Å². The van der Waals surface area contributed by atoms with Gasteiger partial charge < -0.3 is 5.32 Å². The number of amides is 1. The predicted octanol–water partition coefficient (Wildman–Crippen LogP) is 5.19. The zero-order valence-corrected chi connectivity index (χ0v) is 13.4. The number of hydrogen-bond acceptors (Lipinski definition) is 2. The van der Waals surface area contributed by atoms with Crippen LogP contribution in [0.1, 0.15) is 5.56 Å². The van der Waals surface area contributed by atoms with Gasteiger partial charge in [-0.3, -0.25) is 4.79 Å². The summed E-state index contributed by atoms with van der Waals surface area (Å²) in [5.41, 5.74) is 0.918. The van der Waals surface area contributed by atoms with Crippen LogP contribution in [0.2, 0.25) is 15.1 Å². The first-order valence-electron chi connectivity index (χ1n) is 6.13. The van der Waals surface area contributed by atoms with E-state index in [2.05, 4.69) is 5.32 Å². The first kappa shape index (κ1) is 16.4. The van der Waals surface area contributed by atoms with Crippen molar-refractivity contribution in [3.63, 3.8) is 0 Å². The molecule has 1 N–H and O–H groups in total. The highest BCUT2D eigenvalue weighted by Gasteiger charge is 2.12. The van der Waals surface area contributed by atoms with Crippen molar-refractivity contribution in [2.75, 3.05) is 5.32 Å². The number of carbonyl (C=O) groups is 1. The Balaban J connectivity index is 2.26. The second-order valence-electron chi connectivity index (χ2n) is 4.30. The van der Waals surface area contributed by atoms with Gasteiger partial charge in [0.1, 0.15) is 11.6 Å². The van der Waals surface area contributed by atoms with Crippen molar-refractivity contribution in [2.24, 2.45) is 0 Å². The number of nitrogens with zero attached hydrogens (tertiary/aromatic N) is 1. The maximum atomic E-state index is 12.2. The van der Waals surface area contributed by atoms with Crippen LogP contribution in [0.3, 0.4) is 0 Å². The van der Waals surface area contributed by atoms with Crippen LogP contribution < -0.4 is 5.32 Å². The largest absolute Gasteiger partial charge is 0.320 e. The minimum absolute atomic E-state index is 0.0710. The standard InChI is InChI=1S/C16H9Cl3N2O/c17-12-3-1-2-10(7-12)6-11(9-20)16(22)21-15-8-13(18)4-5-14(15)19/h1-8H,(H,21,22)/b11-6-. The lowest BCUT2D eigenvalue weighted by Crippen LogP contribution is -2.13. The van der Waals surface area contributed by atoms with E-state index in [1.54, 1.807) is 36.4 Å². The number of anilines is 1. The smallest absolute Gasteiger partial charge is 0.266 e. The normalized spacial score (nSPS) is 10.9. The molecule has 0 aromatic heterocycles. The fourth-order valence-electron chi connectivity index (χ4n) is 1.69. The number of rotatable bonds is 3. The molecule has 0 saturated carbocycles. The highest BCUT2D eigenvalue weighted by Crippen LogP contribution is 2.26. The van der Waals surface area contributed by atoms with Crippen molar-refractivity contribution in [2.45, 2.75) is 0 Å². The van der Waals surface area contributed by atoms with Gasteiger partial charge in [-0.2, -0.15) is 5.26 Å². The quantitative estimate of drug-likeness (QED) is 0.611. The third kappa shape index (κ3) is 4.25. The summed E-state index contributed by atoms with van der Waals surface area (Å²) >= 11 is 17.7. The Kier molecular flexibility index (Phi) is 5.46. The summed E-state index contributed by atoms with van der Waals surface area (Å²) < 4.78 is 0. The number of carbonyl (C=O) groups excluding carboxylic acids is 1. The van der Waals surface area contributed by atoms with E-state index >= 15 is 0 Å². The molecule has 2 aromatic carbocycles. The maximum Gasteiger partial charge on any atom is 0.266 e. The third-order valence-electron chi connectivity index (χ3n) is 2.70. The first-order valence-corrected chi connectivity index (χ1v) is 7.27. The molecule has 110 valence electrons. The minimum atomic E-state index is -0.577. The summed E-state index contributed by atoms with van der Waals surface area (Å²) in [6.07, 6.45) is 1.44. The van der Waals surface area contributed by atoms with Gasteiger partial charge in [0, 0.05) is 10.0 Å². The summed E-state index contributed by atoms with van der Waals surface area (Å²) in [6.45, 7) is 0. The third-order valence-corrected chi connectivity index (χ3v) is 3.50. The average Bonchev–Trinajstić information content (AvgIpc) is 2.48. The Labute approximate surface area is 142 Å². The molecule has 0 bridgehead atoms. The number of nitriles is 1. The molecule has 0 unspecified atom stereocenters. The molecule has 1 amide bonds. The van der Waals surface area contributed by atoms with E-state index < -0.39 is 5.91 Å². The Morgan fingerprint density at radius 1 is 1.09 bits per heavy atom. The fourth-order valence-corrected chi connectivity index (χ4v) is 2.23. The van der Waals surface area contributed by atoms with Crippen LogP contribution in [-0.4, -0.2) is 5.91 Å². The predicted molar refractivity (Wildman–Crippen MR) is 90.1 cm³/mol. The van der Waals surface area contributed by atoms with Gasteiger partial charge in [-0.1, -0.05) is 46.9 Å². The van der Waals surface area contributed by atoms with Gasteiger partial charge >= 0.3 is 0 Å². The van der Waals surface area contributed by atoms with Crippen LogP contribution in [0.4, 0.5) is 5.69 Å². The van der Waals surface area contributed by atoms with Crippen molar-refractivity contribution in [1.82, 2.24) is 0 Å². The van der Waals surface area contributed by atoms with Gasteiger partial charge in [0.05, 0.1) is 10.7 Å². The molecule has 22 heavy (non-hydrogen) atoms. The Bertz CT molecular complexity index is 794. The van der Waals surface area contributed by atoms with E-state index in [1.807, 2.05) is 6.07 Å². The van der Waals surface area contributed by atoms with E-state index in [-0.39, 0.29) is 5.57 Å². The average molecular weight is 352 g/mol. The fraction of sp³-hybridized carbons (Fsp3) is 0. The molecule has 0 aliphatic rings. The van der Waals surface area contributed by atoms with Gasteiger partial charge in [0.15, 0.2) is 0 Å². The molecule has 0 fully saturated rings. The lowest BCUT2D eigenvalue weighted by Gasteiger charge is -2.07. The minimum Gasteiger partial charge on any atom is -0.320 e. The molecular formula is C16H9Cl3N2O. The van der Waals surface area contributed by atoms with Crippen LogP contribution in [0.25, 0.3) is 6.08 Å². The number of benzene rings is 2. The zero-order chi connectivity index (χ0) is 16.1. The van der Waals surface area contributed by atoms with Crippen molar-refractivity contribution in [1.29, 1.82) is 5.26 Å². The SMILES string of the molecule is N#C/C(=C/c1cccc(Cl)c1)C(=O)Nc1cc(Cl)ccc1Cl. The summed E-state index contributed by atoms with van der Waals surface area (Å²) in [4.78, 5) is 12.2. The molecule has 0 atom stereocenters. The molecule has 0 aliphatic heterocycles. The molecule has 3 nitrogen and oxygen atoms in total. The van der Waals surface area contributed by atoms with E-state index in [0.29, 0.717) is 26.3 Å². The van der Waals surface area contributed by atoms with Crippen molar-refractivity contribution < 1.29 is 4.79 Å². The van der Waals surface area contributed by atoms with Crippen molar-refractivity contribution in [3.8, 4) is 6.07 Å². The highest BCUT2D eigenvalue weighted by atomic mass is 35.5. The van der Waals surface area contributed by atoms with Crippen LogP contribution in [-0.2, 0) is 4.79 Å². The second-order valence-corrected chi connectivity index (χ2v) is 5.58. The molecule has 6 heteroatoms. The Morgan fingerprint density at radius 3 is 2.50 bits per heavy atom. The lowest BCUT2D eigenvalue weighted by molar-refractivity contribution is -0.112. The first-order chi connectivity index (χ1) is 10.5. The summed E-state index contributed by atoms with van der Waals surface area (Å²) in [7, 11) is 0. The number of halogens is 3. The van der Waals surface area contributed by atoms with E-state index in [0.717, 1.165) is 0 Å². The lowest BCUT2D eigenvalue weighted by atomic mass is 10.1. The molecule has 0 saturated heterocycles. The molecule has 0 spiro atoms. The summed E-state index contributed by atoms with van der Waals surface area (Å²) in [6, 6.07) is 13.4. The monoisotopic (exact) mass is 350 g/mol. The van der Waals surface area contributed by atoms with E-state index in [1.165, 1.54) is 12.1 Å². The molecule has 2 rings (SSSR count). The molecule has 2 aromatic rings. The highest BCUT2D eigenvalue weighted by molar-refractivity contribution is 6.36. The van der Waals surface area contributed by atoms with Crippen LogP contribution in [0.15, 0.2) is 48.0 Å². The molecule has 0 aliphatic carbocycles. The van der Waals surface area contributed by atoms with Gasteiger partial charge in [-0.05, 0) is 42.0 Å². The molecule has 0 radical (unpaired) electrons. The molecular weight excluding hydrogens is 343 g/mol. The summed E-state index contributed by atoms with van der Waals surface area (Å²) in [5, 5.41) is 13.0. The van der Waals surface area contributed by atoms with Gasteiger partial charge in [0.25, 0.3) is 5.91 Å². The Morgan fingerprint density at radius 2 is 1.82 bits per heavy atom. The van der Waals surface area contributed by atoms with Crippen LogP contribution >= 0.6 is 34.8 Å². The topological polar surface area (TPSA) is 52.9 Å². The van der Waals surface area contributed by atoms with Crippen molar-refractivity contribution in [3.05, 3.63) is 68.7 Å². The maximum absolute atomic E-state index is 12.2. The summed E-state index contributed by atoms with van der Waals surface area (Å²) in [5.74, 6) is -0.577. The van der Waals surface area contributed by atoms with E-state index in [9.17, 15) is 4.79 Å². The Hall–Kier alpha value is -1.99.